The molecule has 1 saturated heterocycles. The fourth-order valence-electron chi connectivity index (χ4n) is 0.805. The van der Waals surface area contributed by atoms with Gasteiger partial charge in [0.15, 0.2) is 0 Å². The van der Waals surface area contributed by atoms with E-state index in [1.807, 2.05) is 0 Å². The van der Waals surface area contributed by atoms with Crippen LogP contribution in [0.2, 0.25) is 0 Å². The van der Waals surface area contributed by atoms with Crippen molar-refractivity contribution in [2.75, 3.05) is 20.1 Å². The zero-order chi connectivity index (χ0) is 8.32. The molecular formula is C5H13N3O2S. The van der Waals surface area contributed by atoms with E-state index in [1.54, 1.807) is 0 Å². The smallest absolute Gasteiger partial charge is 0.276 e. The summed E-state index contributed by atoms with van der Waals surface area (Å²) in [6.45, 7) is 1.47. The average molecular weight is 179 g/mol. The first-order valence-corrected chi connectivity index (χ1v) is 5.04. The van der Waals surface area contributed by atoms with Gasteiger partial charge in [0.1, 0.15) is 0 Å². The van der Waals surface area contributed by atoms with Gasteiger partial charge in [0.05, 0.1) is 0 Å². The van der Waals surface area contributed by atoms with Crippen molar-refractivity contribution in [1.82, 2.24) is 14.8 Å². The summed E-state index contributed by atoms with van der Waals surface area (Å²) in [5, 5.41) is 3.09. The first-order chi connectivity index (χ1) is 5.14. The van der Waals surface area contributed by atoms with Crippen molar-refractivity contribution < 1.29 is 8.42 Å². The van der Waals surface area contributed by atoms with Crippen LogP contribution in [0.25, 0.3) is 0 Å². The fourth-order valence-corrected chi connectivity index (χ4v) is 1.37. The van der Waals surface area contributed by atoms with Crippen molar-refractivity contribution in [3.63, 3.8) is 0 Å². The minimum Gasteiger partial charge on any atom is -0.313 e. The maximum atomic E-state index is 10.8. The second-order valence-electron chi connectivity index (χ2n) is 2.50. The average Bonchev–Trinajstić information content (AvgIpc) is 1.84. The van der Waals surface area contributed by atoms with Crippen molar-refractivity contribution in [2.24, 2.45) is 0 Å². The van der Waals surface area contributed by atoms with Gasteiger partial charge in [-0.1, -0.05) is 0 Å². The lowest BCUT2D eigenvalue weighted by atomic mass is 10.1. The molecule has 0 bridgehead atoms. The molecule has 0 radical (unpaired) electrons. The Morgan fingerprint density at radius 2 is 2.27 bits per heavy atom. The molecule has 0 amide bonds. The molecule has 1 atom stereocenters. The lowest BCUT2D eigenvalue weighted by Gasteiger charge is -2.27. The molecular weight excluding hydrogens is 166 g/mol. The predicted molar refractivity (Wildman–Crippen MR) is 42.4 cm³/mol. The summed E-state index contributed by atoms with van der Waals surface area (Å²) in [5.74, 6) is 0. The van der Waals surface area contributed by atoms with E-state index in [0.29, 0.717) is 12.6 Å². The number of nitrogens with one attached hydrogen (secondary N) is 3. The Labute approximate surface area is 66.7 Å². The summed E-state index contributed by atoms with van der Waals surface area (Å²) in [7, 11) is -1.85. The Morgan fingerprint density at radius 1 is 1.64 bits per heavy atom. The molecule has 0 aromatic heterocycles. The normalized spacial score (nSPS) is 24.6. The first-order valence-electron chi connectivity index (χ1n) is 3.55. The highest BCUT2D eigenvalue weighted by Gasteiger charge is 2.17. The summed E-state index contributed by atoms with van der Waals surface area (Å²) in [6, 6.07) is 0.318. The molecule has 0 aliphatic carbocycles. The maximum absolute atomic E-state index is 10.8. The highest BCUT2D eigenvalue weighted by molar-refractivity contribution is 7.87. The Hall–Kier alpha value is -0.170. The summed E-state index contributed by atoms with van der Waals surface area (Å²) >= 11 is 0. The van der Waals surface area contributed by atoms with Gasteiger partial charge >= 0.3 is 0 Å². The van der Waals surface area contributed by atoms with Gasteiger partial charge in [-0.2, -0.15) is 8.42 Å². The van der Waals surface area contributed by atoms with Crippen LogP contribution in [-0.2, 0) is 10.2 Å². The van der Waals surface area contributed by atoms with Crippen LogP contribution in [0, 0.1) is 0 Å². The molecule has 66 valence electrons. The summed E-state index contributed by atoms with van der Waals surface area (Å²) in [6.07, 6.45) is 1.05. The standard InChI is InChI=1S/C5H13N3O2S/c1-6-11(9,10)8-4-5-2-3-7-5/h5-8H,2-4H2,1H3. The van der Waals surface area contributed by atoms with Crippen LogP contribution in [0.3, 0.4) is 0 Å². The molecule has 11 heavy (non-hydrogen) atoms. The SMILES string of the molecule is CNS(=O)(=O)NCC1CCN1. The molecule has 0 aromatic carbocycles. The van der Waals surface area contributed by atoms with Crippen LogP contribution in [0.1, 0.15) is 6.42 Å². The third-order valence-corrected chi connectivity index (χ3v) is 2.80. The minimum atomic E-state index is -3.23. The van der Waals surface area contributed by atoms with E-state index in [4.69, 9.17) is 0 Å². The third kappa shape index (κ3) is 2.74. The Bertz CT molecular complexity index is 210. The van der Waals surface area contributed by atoms with E-state index >= 15 is 0 Å². The molecule has 0 aromatic rings. The largest absolute Gasteiger partial charge is 0.313 e. The van der Waals surface area contributed by atoms with Crippen LogP contribution < -0.4 is 14.8 Å². The fraction of sp³-hybridized carbons (Fsp3) is 1.00. The van der Waals surface area contributed by atoms with Gasteiger partial charge < -0.3 is 5.32 Å². The minimum absolute atomic E-state index is 0.318. The quantitative estimate of drug-likeness (QED) is 0.487. The topological polar surface area (TPSA) is 70.2 Å². The molecule has 1 aliphatic rings. The van der Waals surface area contributed by atoms with Crippen LogP contribution in [0.15, 0.2) is 0 Å². The summed E-state index contributed by atoms with van der Waals surface area (Å²) < 4.78 is 26.2. The number of hydrogen-bond acceptors (Lipinski definition) is 3. The molecule has 6 heteroatoms. The zero-order valence-corrected chi connectivity index (χ0v) is 7.24. The van der Waals surface area contributed by atoms with Gasteiger partial charge in [-0.3, -0.25) is 0 Å². The van der Waals surface area contributed by atoms with Crippen molar-refractivity contribution in [2.45, 2.75) is 12.5 Å². The van der Waals surface area contributed by atoms with Crippen molar-refractivity contribution in [1.29, 1.82) is 0 Å². The van der Waals surface area contributed by atoms with Gasteiger partial charge in [0.2, 0.25) is 0 Å². The Kier molecular flexibility index (Phi) is 2.83. The van der Waals surface area contributed by atoms with Gasteiger partial charge in [0, 0.05) is 19.6 Å². The van der Waals surface area contributed by atoms with Crippen LogP contribution in [-0.4, -0.2) is 34.6 Å². The van der Waals surface area contributed by atoms with Gasteiger partial charge in [-0.15, -0.1) is 0 Å². The van der Waals surface area contributed by atoms with Gasteiger partial charge in [-0.05, 0) is 13.0 Å². The highest BCUT2D eigenvalue weighted by Crippen LogP contribution is 1.99. The lowest BCUT2D eigenvalue weighted by molar-refractivity contribution is 0.369. The van der Waals surface area contributed by atoms with Gasteiger partial charge in [0.25, 0.3) is 10.2 Å². The maximum Gasteiger partial charge on any atom is 0.276 e. The second-order valence-corrected chi connectivity index (χ2v) is 4.20. The van der Waals surface area contributed by atoms with Gasteiger partial charge in [-0.25, -0.2) is 9.44 Å². The Morgan fingerprint density at radius 3 is 2.64 bits per heavy atom. The first kappa shape index (κ1) is 8.92. The third-order valence-electron chi connectivity index (χ3n) is 1.71. The summed E-state index contributed by atoms with van der Waals surface area (Å²) in [4.78, 5) is 0. The van der Waals surface area contributed by atoms with E-state index in [9.17, 15) is 8.42 Å². The number of hydrogen-bond donors (Lipinski definition) is 3. The van der Waals surface area contributed by atoms with E-state index < -0.39 is 10.2 Å². The van der Waals surface area contributed by atoms with E-state index in [2.05, 4.69) is 14.8 Å². The predicted octanol–water partition coefficient (Wildman–Crippen LogP) is -1.60. The Balaban J connectivity index is 2.20. The molecule has 0 spiro atoms. The highest BCUT2D eigenvalue weighted by atomic mass is 32.2. The van der Waals surface area contributed by atoms with E-state index in [-0.39, 0.29) is 0 Å². The molecule has 1 heterocycles. The van der Waals surface area contributed by atoms with Crippen LogP contribution in [0.4, 0.5) is 0 Å². The van der Waals surface area contributed by atoms with Crippen molar-refractivity contribution in [3.05, 3.63) is 0 Å². The number of rotatable bonds is 4. The second kappa shape index (κ2) is 3.48. The van der Waals surface area contributed by atoms with Crippen molar-refractivity contribution >= 4 is 10.2 Å². The molecule has 1 unspecified atom stereocenters. The van der Waals surface area contributed by atoms with E-state index in [1.165, 1.54) is 7.05 Å². The van der Waals surface area contributed by atoms with Crippen LogP contribution in [0.5, 0.6) is 0 Å². The van der Waals surface area contributed by atoms with Crippen LogP contribution >= 0.6 is 0 Å². The lowest BCUT2D eigenvalue weighted by Crippen LogP contribution is -2.51. The molecule has 1 aliphatic heterocycles. The molecule has 5 nitrogen and oxygen atoms in total. The molecule has 1 fully saturated rings. The molecule has 0 saturated carbocycles. The monoisotopic (exact) mass is 179 g/mol. The zero-order valence-electron chi connectivity index (χ0n) is 6.42. The molecule has 3 N–H and O–H groups in total. The summed E-state index contributed by atoms with van der Waals surface area (Å²) in [5.41, 5.74) is 0. The molecule has 1 rings (SSSR count). The van der Waals surface area contributed by atoms with E-state index in [0.717, 1.165) is 13.0 Å². The van der Waals surface area contributed by atoms with Crippen molar-refractivity contribution in [3.8, 4) is 0 Å².